The third kappa shape index (κ3) is 6.23. The molecule has 1 aliphatic rings. The van der Waals surface area contributed by atoms with E-state index >= 15 is 0 Å². The molecule has 1 saturated heterocycles. The Morgan fingerprint density at radius 1 is 1.50 bits per heavy atom. The maximum Gasteiger partial charge on any atom is 0.188 e. The molecule has 2 unspecified atom stereocenters. The largest absolute Gasteiger partial charge is 0.370 e. The van der Waals surface area contributed by atoms with E-state index < -0.39 is 0 Å². The van der Waals surface area contributed by atoms with E-state index in [1.54, 1.807) is 0 Å². The SMILES string of the molecule is CCN1CCCC1CNC(N)=NCC(C)Cn1nc(C)cc1C.I. The molecule has 0 bridgehead atoms. The Morgan fingerprint density at radius 3 is 2.88 bits per heavy atom. The molecule has 0 amide bonds. The number of hydrogen-bond acceptors (Lipinski definition) is 3. The molecule has 0 aliphatic carbocycles. The third-order valence-corrected chi connectivity index (χ3v) is 4.59. The lowest BCUT2D eigenvalue weighted by Gasteiger charge is -2.23. The van der Waals surface area contributed by atoms with E-state index in [1.807, 2.05) is 6.92 Å². The summed E-state index contributed by atoms with van der Waals surface area (Å²) in [7, 11) is 0. The van der Waals surface area contributed by atoms with Crippen LogP contribution in [0.1, 0.15) is 38.1 Å². The van der Waals surface area contributed by atoms with Gasteiger partial charge in [-0.15, -0.1) is 24.0 Å². The van der Waals surface area contributed by atoms with Gasteiger partial charge in [-0.1, -0.05) is 13.8 Å². The van der Waals surface area contributed by atoms with Gasteiger partial charge in [0.1, 0.15) is 0 Å². The number of nitrogens with zero attached hydrogens (tertiary/aromatic N) is 4. The van der Waals surface area contributed by atoms with Crippen LogP contribution in [0.5, 0.6) is 0 Å². The minimum absolute atomic E-state index is 0. The molecule has 1 aromatic rings. The zero-order chi connectivity index (χ0) is 16.8. The molecule has 3 N–H and O–H groups in total. The van der Waals surface area contributed by atoms with Crippen LogP contribution in [0, 0.1) is 19.8 Å². The van der Waals surface area contributed by atoms with E-state index in [0.717, 1.165) is 31.9 Å². The second kappa shape index (κ2) is 10.2. The smallest absolute Gasteiger partial charge is 0.188 e. The number of likely N-dealkylation sites (N-methyl/N-ethyl adjacent to an activating group) is 1. The fraction of sp³-hybridized carbons (Fsp3) is 0.765. The van der Waals surface area contributed by atoms with Crippen molar-refractivity contribution < 1.29 is 0 Å². The van der Waals surface area contributed by atoms with Gasteiger partial charge in [-0.2, -0.15) is 5.10 Å². The Morgan fingerprint density at radius 2 is 2.25 bits per heavy atom. The number of aliphatic imine (C=N–C) groups is 1. The normalized spacial score (nSPS) is 20.0. The van der Waals surface area contributed by atoms with Crippen LogP contribution < -0.4 is 11.1 Å². The number of guanidine groups is 1. The average Bonchev–Trinajstić information content (AvgIpc) is 3.09. The zero-order valence-electron chi connectivity index (χ0n) is 15.5. The van der Waals surface area contributed by atoms with Crippen LogP contribution in [0.2, 0.25) is 0 Å². The molecule has 24 heavy (non-hydrogen) atoms. The van der Waals surface area contributed by atoms with Crippen LogP contribution in [0.3, 0.4) is 0 Å². The highest BCUT2D eigenvalue weighted by atomic mass is 127. The fourth-order valence-electron chi connectivity index (χ4n) is 3.29. The number of halogens is 1. The number of nitrogens with one attached hydrogen (secondary N) is 1. The van der Waals surface area contributed by atoms with Gasteiger partial charge < -0.3 is 11.1 Å². The van der Waals surface area contributed by atoms with Crippen LogP contribution >= 0.6 is 24.0 Å². The number of aromatic nitrogens is 2. The van der Waals surface area contributed by atoms with Crippen molar-refractivity contribution in [2.75, 3.05) is 26.2 Å². The lowest BCUT2D eigenvalue weighted by Crippen LogP contribution is -2.42. The van der Waals surface area contributed by atoms with Crippen LogP contribution in [0.4, 0.5) is 0 Å². The van der Waals surface area contributed by atoms with E-state index in [1.165, 1.54) is 25.1 Å². The van der Waals surface area contributed by atoms with Crippen molar-refractivity contribution >= 4 is 29.9 Å². The lowest BCUT2D eigenvalue weighted by atomic mass is 10.2. The molecule has 2 rings (SSSR count). The van der Waals surface area contributed by atoms with Gasteiger partial charge in [-0.3, -0.25) is 14.6 Å². The molecule has 2 heterocycles. The molecule has 1 aromatic heterocycles. The predicted molar refractivity (Wildman–Crippen MR) is 111 cm³/mol. The molecule has 0 spiro atoms. The Kier molecular flexibility index (Phi) is 9.04. The summed E-state index contributed by atoms with van der Waals surface area (Å²) < 4.78 is 2.05. The Labute approximate surface area is 163 Å². The monoisotopic (exact) mass is 448 g/mol. The molecule has 1 aliphatic heterocycles. The van der Waals surface area contributed by atoms with Crippen molar-refractivity contribution in [2.45, 2.75) is 53.1 Å². The van der Waals surface area contributed by atoms with Gasteiger partial charge in [0.15, 0.2) is 5.96 Å². The van der Waals surface area contributed by atoms with Crippen molar-refractivity contribution in [3.8, 4) is 0 Å². The van der Waals surface area contributed by atoms with Crippen LogP contribution in [0.25, 0.3) is 0 Å². The molecular formula is C17H33IN6. The minimum atomic E-state index is 0. The average molecular weight is 448 g/mol. The van der Waals surface area contributed by atoms with Gasteiger partial charge in [0.25, 0.3) is 0 Å². The maximum absolute atomic E-state index is 6.01. The van der Waals surface area contributed by atoms with Crippen LogP contribution in [0.15, 0.2) is 11.1 Å². The minimum Gasteiger partial charge on any atom is -0.370 e. The quantitative estimate of drug-likeness (QED) is 0.381. The van der Waals surface area contributed by atoms with Gasteiger partial charge >= 0.3 is 0 Å². The summed E-state index contributed by atoms with van der Waals surface area (Å²) in [5, 5.41) is 7.79. The highest BCUT2D eigenvalue weighted by Gasteiger charge is 2.22. The molecule has 1 fully saturated rings. The second-order valence-corrected chi connectivity index (χ2v) is 6.75. The molecule has 6 nitrogen and oxygen atoms in total. The van der Waals surface area contributed by atoms with Crippen molar-refractivity contribution in [1.29, 1.82) is 0 Å². The molecule has 7 heteroatoms. The van der Waals surface area contributed by atoms with E-state index in [9.17, 15) is 0 Å². The number of nitrogens with two attached hydrogens (primary N) is 1. The number of rotatable bonds is 7. The van der Waals surface area contributed by atoms with Crippen LogP contribution in [-0.2, 0) is 6.54 Å². The topological polar surface area (TPSA) is 71.5 Å². The first-order chi connectivity index (χ1) is 11.0. The Bertz CT molecular complexity index is 527. The molecular weight excluding hydrogens is 415 g/mol. The Balaban J connectivity index is 0.00000288. The van der Waals surface area contributed by atoms with Gasteiger partial charge in [-0.05, 0) is 51.8 Å². The standard InChI is InChI=1S/C17H32N6.HI/c1-5-22-8-6-7-16(22)11-20-17(18)19-10-13(2)12-23-15(4)9-14(3)21-23;/h9,13,16H,5-8,10-12H2,1-4H3,(H3,18,19,20);1H. The van der Waals surface area contributed by atoms with Crippen molar-refractivity contribution in [1.82, 2.24) is 20.0 Å². The summed E-state index contributed by atoms with van der Waals surface area (Å²) in [6.45, 7) is 13.3. The molecule has 0 radical (unpaired) electrons. The zero-order valence-corrected chi connectivity index (χ0v) is 17.8. The maximum atomic E-state index is 6.01. The molecule has 2 atom stereocenters. The molecule has 138 valence electrons. The molecule has 0 saturated carbocycles. The van der Waals surface area contributed by atoms with Gasteiger partial charge in [-0.25, -0.2) is 0 Å². The van der Waals surface area contributed by atoms with Gasteiger partial charge in [0.2, 0.25) is 0 Å². The summed E-state index contributed by atoms with van der Waals surface area (Å²) in [5.74, 6) is 0.972. The first-order valence-electron chi connectivity index (χ1n) is 8.78. The molecule has 0 aromatic carbocycles. The van der Waals surface area contributed by atoms with Crippen LogP contribution in [-0.4, -0.2) is 52.9 Å². The summed E-state index contributed by atoms with van der Waals surface area (Å²) >= 11 is 0. The Hall–Kier alpha value is -0.830. The van der Waals surface area contributed by atoms with E-state index in [2.05, 4.69) is 51.8 Å². The van der Waals surface area contributed by atoms with Gasteiger partial charge in [0, 0.05) is 31.4 Å². The first-order valence-corrected chi connectivity index (χ1v) is 8.78. The number of likely N-dealkylation sites (tertiary alicyclic amines) is 1. The van der Waals surface area contributed by atoms with E-state index in [0.29, 0.717) is 17.9 Å². The second-order valence-electron chi connectivity index (χ2n) is 6.75. The third-order valence-electron chi connectivity index (χ3n) is 4.59. The number of aryl methyl sites for hydroxylation is 2. The summed E-state index contributed by atoms with van der Waals surface area (Å²) in [5.41, 5.74) is 8.28. The summed E-state index contributed by atoms with van der Waals surface area (Å²) in [4.78, 5) is 7.00. The van der Waals surface area contributed by atoms with Gasteiger partial charge in [0.05, 0.1) is 5.69 Å². The van der Waals surface area contributed by atoms with Crippen molar-refractivity contribution in [2.24, 2.45) is 16.6 Å². The predicted octanol–water partition coefficient (Wildman–Crippen LogP) is 2.14. The summed E-state index contributed by atoms with van der Waals surface area (Å²) in [6.07, 6.45) is 2.54. The van der Waals surface area contributed by atoms with Crippen molar-refractivity contribution in [3.63, 3.8) is 0 Å². The van der Waals surface area contributed by atoms with E-state index in [-0.39, 0.29) is 24.0 Å². The fourth-order valence-corrected chi connectivity index (χ4v) is 3.29. The van der Waals surface area contributed by atoms with E-state index in [4.69, 9.17) is 5.73 Å². The highest BCUT2D eigenvalue weighted by molar-refractivity contribution is 14.0. The van der Waals surface area contributed by atoms with Crippen molar-refractivity contribution in [3.05, 3.63) is 17.5 Å². The number of hydrogen-bond donors (Lipinski definition) is 2. The summed E-state index contributed by atoms with van der Waals surface area (Å²) in [6, 6.07) is 2.70. The highest BCUT2D eigenvalue weighted by Crippen LogP contribution is 2.15. The lowest BCUT2D eigenvalue weighted by molar-refractivity contribution is 0.267. The first kappa shape index (κ1) is 21.2.